The number of carbonyl (C=O) groups excluding carboxylic acids is 1. The third-order valence-electron chi connectivity index (χ3n) is 4.09. The zero-order valence-corrected chi connectivity index (χ0v) is 12.5. The molecule has 1 N–H and O–H groups in total. The topological polar surface area (TPSA) is 46.9 Å². The summed E-state index contributed by atoms with van der Waals surface area (Å²) in [5.41, 5.74) is 1.04. The van der Waals surface area contributed by atoms with E-state index in [4.69, 9.17) is 0 Å². The lowest BCUT2D eigenvalue weighted by Crippen LogP contribution is -2.40. The highest BCUT2D eigenvalue weighted by molar-refractivity contribution is 5.98. The molecule has 2 aliphatic rings. The Morgan fingerprint density at radius 2 is 2.13 bits per heavy atom. The molecule has 0 saturated heterocycles. The molecule has 1 aromatic rings. The summed E-state index contributed by atoms with van der Waals surface area (Å²) < 4.78 is 41.2. The zero-order valence-electron chi connectivity index (χ0n) is 12.5. The van der Waals surface area contributed by atoms with Crippen LogP contribution in [0.5, 0.6) is 0 Å². The Labute approximate surface area is 131 Å². The van der Waals surface area contributed by atoms with Crippen LogP contribution >= 0.6 is 0 Å². The molecule has 3 rings (SSSR count). The van der Waals surface area contributed by atoms with Crippen LogP contribution in [0.1, 0.15) is 36.2 Å². The summed E-state index contributed by atoms with van der Waals surface area (Å²) in [7, 11) is 0. The first-order valence-electron chi connectivity index (χ1n) is 7.32. The van der Waals surface area contributed by atoms with E-state index < -0.39 is 18.3 Å². The summed E-state index contributed by atoms with van der Waals surface area (Å²) in [6, 6.07) is -2.23. The van der Waals surface area contributed by atoms with E-state index in [1.807, 2.05) is 24.3 Å². The van der Waals surface area contributed by atoms with Gasteiger partial charge in [-0.2, -0.15) is 18.3 Å². The van der Waals surface area contributed by atoms with Crippen molar-refractivity contribution in [2.24, 2.45) is 0 Å². The number of ketones is 1. The van der Waals surface area contributed by atoms with Crippen LogP contribution in [0.3, 0.4) is 0 Å². The van der Waals surface area contributed by atoms with E-state index >= 15 is 0 Å². The van der Waals surface area contributed by atoms with Crippen LogP contribution in [0.15, 0.2) is 42.2 Å². The number of Topliss-reactive ketones (excluding diaryl/α,β-unsaturated/α-hetero) is 1. The molecule has 0 spiro atoms. The van der Waals surface area contributed by atoms with Gasteiger partial charge in [-0.25, -0.2) is 4.68 Å². The highest BCUT2D eigenvalue weighted by atomic mass is 19.4. The number of halogens is 3. The summed E-state index contributed by atoms with van der Waals surface area (Å²) >= 11 is 0. The second-order valence-electron chi connectivity index (χ2n) is 5.66. The van der Waals surface area contributed by atoms with Crippen molar-refractivity contribution in [2.75, 3.05) is 5.32 Å². The van der Waals surface area contributed by atoms with E-state index in [0.717, 1.165) is 10.3 Å². The number of hydrogen-bond donors (Lipinski definition) is 1. The van der Waals surface area contributed by atoms with Crippen LogP contribution in [0, 0.1) is 0 Å². The van der Waals surface area contributed by atoms with Crippen LogP contribution in [-0.4, -0.2) is 27.8 Å². The van der Waals surface area contributed by atoms with Crippen LogP contribution in [0.4, 0.5) is 19.0 Å². The van der Waals surface area contributed by atoms with Crippen molar-refractivity contribution in [3.63, 3.8) is 0 Å². The van der Waals surface area contributed by atoms with Crippen LogP contribution < -0.4 is 5.32 Å². The van der Waals surface area contributed by atoms with Gasteiger partial charge in [-0.15, -0.1) is 0 Å². The van der Waals surface area contributed by atoms with Gasteiger partial charge in [0, 0.05) is 6.42 Å². The quantitative estimate of drug-likeness (QED) is 0.842. The first-order chi connectivity index (χ1) is 10.9. The SMILES string of the molecule is CC(=O)c1cnn2c1NC(C1=CC=CC=CC1)CC2C(F)(F)F. The summed E-state index contributed by atoms with van der Waals surface area (Å²) in [4.78, 5) is 11.7. The maximum Gasteiger partial charge on any atom is 0.410 e. The molecule has 4 nitrogen and oxygen atoms in total. The average molecular weight is 323 g/mol. The van der Waals surface area contributed by atoms with Gasteiger partial charge in [0.15, 0.2) is 11.8 Å². The maximum atomic E-state index is 13.4. The fourth-order valence-corrected chi connectivity index (χ4v) is 2.92. The predicted molar refractivity (Wildman–Crippen MR) is 80.3 cm³/mol. The second kappa shape index (κ2) is 5.72. The molecule has 0 bridgehead atoms. The number of hydrogen-bond acceptors (Lipinski definition) is 3. The molecule has 122 valence electrons. The first-order valence-corrected chi connectivity index (χ1v) is 7.32. The zero-order chi connectivity index (χ0) is 16.6. The fourth-order valence-electron chi connectivity index (χ4n) is 2.92. The van der Waals surface area contributed by atoms with Gasteiger partial charge in [0.1, 0.15) is 5.82 Å². The van der Waals surface area contributed by atoms with Crippen molar-refractivity contribution in [1.82, 2.24) is 9.78 Å². The number of allylic oxidation sites excluding steroid dienone is 5. The van der Waals surface area contributed by atoms with Gasteiger partial charge in [-0.05, 0) is 18.9 Å². The van der Waals surface area contributed by atoms with Gasteiger partial charge in [-0.1, -0.05) is 30.4 Å². The number of rotatable bonds is 2. The number of aromatic nitrogens is 2. The summed E-state index contributed by atoms with van der Waals surface area (Å²) in [6.45, 7) is 1.32. The largest absolute Gasteiger partial charge is 0.410 e. The standard InChI is InChI=1S/C16H16F3N3O/c1-10(23)12-9-20-22-14(16(17,18)19)8-13(21-15(12)22)11-6-4-2-3-5-7-11/h2-6,9,13-14,21H,7-8H2,1H3. The number of carbonyl (C=O) groups is 1. The molecule has 0 radical (unpaired) electrons. The van der Waals surface area contributed by atoms with Crippen molar-refractivity contribution in [2.45, 2.75) is 38.0 Å². The molecular weight excluding hydrogens is 307 g/mol. The van der Waals surface area contributed by atoms with E-state index in [2.05, 4.69) is 10.4 Å². The minimum absolute atomic E-state index is 0.147. The molecule has 0 fully saturated rings. The van der Waals surface area contributed by atoms with Crippen molar-refractivity contribution in [1.29, 1.82) is 0 Å². The van der Waals surface area contributed by atoms with E-state index in [0.29, 0.717) is 6.42 Å². The number of anilines is 1. The second-order valence-corrected chi connectivity index (χ2v) is 5.66. The fraction of sp³-hybridized carbons (Fsp3) is 0.375. The lowest BCUT2D eigenvalue weighted by Gasteiger charge is -2.34. The highest BCUT2D eigenvalue weighted by Crippen LogP contribution is 2.42. The first kappa shape index (κ1) is 15.6. The number of fused-ring (bicyclic) bond motifs is 1. The minimum atomic E-state index is -4.42. The average Bonchev–Trinajstić information content (AvgIpc) is 2.72. The van der Waals surface area contributed by atoms with Gasteiger partial charge in [0.25, 0.3) is 0 Å². The van der Waals surface area contributed by atoms with Crippen molar-refractivity contribution in [3.8, 4) is 0 Å². The molecule has 2 atom stereocenters. The van der Waals surface area contributed by atoms with Gasteiger partial charge in [0.05, 0.1) is 17.8 Å². The number of nitrogens with one attached hydrogen (secondary N) is 1. The van der Waals surface area contributed by atoms with E-state index in [-0.39, 0.29) is 23.6 Å². The molecule has 2 unspecified atom stereocenters. The van der Waals surface area contributed by atoms with Crippen molar-refractivity contribution < 1.29 is 18.0 Å². The third-order valence-corrected chi connectivity index (χ3v) is 4.09. The van der Waals surface area contributed by atoms with Crippen LogP contribution in [0.2, 0.25) is 0 Å². The lowest BCUT2D eigenvalue weighted by atomic mass is 9.94. The molecule has 2 heterocycles. The van der Waals surface area contributed by atoms with Gasteiger partial charge >= 0.3 is 6.18 Å². The lowest BCUT2D eigenvalue weighted by molar-refractivity contribution is -0.173. The summed E-state index contributed by atoms with van der Waals surface area (Å²) in [5.74, 6) is -0.163. The molecule has 1 aliphatic heterocycles. The molecule has 0 amide bonds. The molecule has 7 heteroatoms. The van der Waals surface area contributed by atoms with Gasteiger partial charge in [-0.3, -0.25) is 4.79 Å². The normalized spacial score (nSPS) is 23.7. The Balaban J connectivity index is 2.02. The van der Waals surface area contributed by atoms with Gasteiger partial charge in [0.2, 0.25) is 0 Å². The number of nitrogens with zero attached hydrogens (tertiary/aromatic N) is 2. The van der Waals surface area contributed by atoms with Crippen molar-refractivity contribution in [3.05, 3.63) is 47.7 Å². The maximum absolute atomic E-state index is 13.4. The third kappa shape index (κ3) is 2.95. The van der Waals surface area contributed by atoms with Crippen LogP contribution in [0.25, 0.3) is 0 Å². The van der Waals surface area contributed by atoms with E-state index in [1.165, 1.54) is 13.1 Å². The number of alkyl halides is 3. The van der Waals surface area contributed by atoms with E-state index in [1.54, 1.807) is 6.08 Å². The van der Waals surface area contributed by atoms with Gasteiger partial charge < -0.3 is 5.32 Å². The molecule has 1 aromatic heterocycles. The predicted octanol–water partition coefficient (Wildman–Crippen LogP) is 3.82. The smallest absolute Gasteiger partial charge is 0.363 e. The van der Waals surface area contributed by atoms with E-state index in [9.17, 15) is 18.0 Å². The Bertz CT molecular complexity index is 713. The summed E-state index contributed by atoms with van der Waals surface area (Å²) in [6.07, 6.45) is 6.42. The Morgan fingerprint density at radius 1 is 1.35 bits per heavy atom. The summed E-state index contributed by atoms with van der Waals surface area (Å²) in [5, 5.41) is 6.86. The molecular formula is C16H16F3N3O. The molecule has 1 aliphatic carbocycles. The van der Waals surface area contributed by atoms with Crippen molar-refractivity contribution >= 4 is 11.6 Å². The van der Waals surface area contributed by atoms with Crippen LogP contribution in [-0.2, 0) is 0 Å². The molecule has 0 aromatic carbocycles. The highest BCUT2D eigenvalue weighted by Gasteiger charge is 2.47. The molecule has 0 saturated carbocycles. The Morgan fingerprint density at radius 3 is 2.83 bits per heavy atom. The minimum Gasteiger partial charge on any atom is -0.363 e. The molecule has 23 heavy (non-hydrogen) atoms. The Hall–Kier alpha value is -2.31. The Kier molecular flexibility index (Phi) is 3.87. The monoisotopic (exact) mass is 323 g/mol.